The summed E-state index contributed by atoms with van der Waals surface area (Å²) in [5.74, 6) is -2.14. The Kier molecular flexibility index (Phi) is 13.4. The Balaban J connectivity index is 1.93. The van der Waals surface area contributed by atoms with Crippen LogP contribution in [-0.4, -0.2) is 158 Å². The van der Waals surface area contributed by atoms with Gasteiger partial charge < -0.3 is 39.4 Å². The van der Waals surface area contributed by atoms with Crippen molar-refractivity contribution in [3.05, 3.63) is 0 Å². The molecule has 0 spiro atoms. The number of carbonyl (C=O) groups is 3. The van der Waals surface area contributed by atoms with E-state index in [2.05, 4.69) is 8.73 Å². The first-order valence-electron chi connectivity index (χ1n) is 12.6. The maximum absolute atomic E-state index is 12.8. The van der Waals surface area contributed by atoms with Gasteiger partial charge in [-0.2, -0.15) is 0 Å². The molecule has 2 unspecified atom stereocenters. The molecule has 0 amide bonds. The summed E-state index contributed by atoms with van der Waals surface area (Å²) >= 11 is 0.844. The topological polar surface area (TPSA) is 228 Å². The summed E-state index contributed by atoms with van der Waals surface area (Å²) in [5.41, 5.74) is 0. The Morgan fingerprint density at radius 2 is 1.27 bits per heavy atom. The second-order valence-electron chi connectivity index (χ2n) is 10.4. The van der Waals surface area contributed by atoms with E-state index in [9.17, 15) is 43.2 Å². The van der Waals surface area contributed by atoms with E-state index in [4.69, 9.17) is 18.9 Å². The first-order chi connectivity index (χ1) is 18.9. The SMILES string of the molecule is CC(=O)CSC(CC(=O)OC[C@H]1OC[C@H](N=S(C)(C)=O)[C@@H](O)[C@H]1O)C(=O)OCC1OC[C@H](N=S(C)(C)=O)[C@@H](O)[C@H]1O. The van der Waals surface area contributed by atoms with Crippen molar-refractivity contribution < 1.29 is 62.2 Å². The highest BCUT2D eigenvalue weighted by Gasteiger charge is 2.41. The minimum Gasteiger partial charge on any atom is -0.463 e. The Morgan fingerprint density at radius 1 is 0.829 bits per heavy atom. The van der Waals surface area contributed by atoms with E-state index >= 15 is 0 Å². The summed E-state index contributed by atoms with van der Waals surface area (Å²) in [6.07, 6.45) is -2.98. The minimum absolute atomic E-state index is 0.107. The smallest absolute Gasteiger partial charge is 0.319 e. The van der Waals surface area contributed by atoms with E-state index in [1.165, 1.54) is 31.9 Å². The summed E-state index contributed by atoms with van der Waals surface area (Å²) in [4.78, 5) is 36.8. The van der Waals surface area contributed by atoms with Crippen molar-refractivity contribution in [2.24, 2.45) is 8.73 Å². The molecule has 0 aromatic rings. The lowest BCUT2D eigenvalue weighted by atomic mass is 9.99. The maximum Gasteiger partial charge on any atom is 0.319 e. The number of thioether (sulfide) groups is 1. The molecule has 15 nitrogen and oxygen atoms in total. The van der Waals surface area contributed by atoms with Gasteiger partial charge in [0, 0.05) is 44.5 Å². The Labute approximate surface area is 244 Å². The van der Waals surface area contributed by atoms with Crippen LogP contribution in [0.25, 0.3) is 0 Å². The number of Topliss-reactive ketones (excluding diaryl/α,β-unsaturated/α-hetero) is 1. The van der Waals surface area contributed by atoms with Gasteiger partial charge in [0.1, 0.15) is 73.0 Å². The highest BCUT2D eigenvalue weighted by Crippen LogP contribution is 2.23. The molecule has 41 heavy (non-hydrogen) atoms. The lowest BCUT2D eigenvalue weighted by molar-refractivity contribution is -0.176. The Hall–Kier alpha value is -1.38. The number of ketones is 1. The molecule has 2 aliphatic rings. The van der Waals surface area contributed by atoms with Gasteiger partial charge in [0.2, 0.25) is 0 Å². The summed E-state index contributed by atoms with van der Waals surface area (Å²) in [6, 6.07) is -1.85. The largest absolute Gasteiger partial charge is 0.463 e. The molecule has 0 bridgehead atoms. The third-order valence-corrected chi connectivity index (χ3v) is 8.78. The minimum atomic E-state index is -2.57. The van der Waals surface area contributed by atoms with Gasteiger partial charge in [-0.25, -0.2) is 8.73 Å². The van der Waals surface area contributed by atoms with Crippen LogP contribution in [0, 0.1) is 0 Å². The average Bonchev–Trinajstić information content (AvgIpc) is 2.84. The van der Waals surface area contributed by atoms with Crippen molar-refractivity contribution in [1.29, 1.82) is 0 Å². The van der Waals surface area contributed by atoms with E-state index in [-0.39, 0.29) is 24.7 Å². The van der Waals surface area contributed by atoms with Crippen LogP contribution in [0.4, 0.5) is 0 Å². The normalized spacial score (nSPS) is 31.5. The number of aliphatic hydroxyl groups is 4. The second kappa shape index (κ2) is 15.4. The van der Waals surface area contributed by atoms with Crippen molar-refractivity contribution in [3.8, 4) is 0 Å². The fraction of sp³-hybridized carbons (Fsp3) is 0.870. The van der Waals surface area contributed by atoms with Crippen LogP contribution in [0.5, 0.6) is 0 Å². The quantitative estimate of drug-likeness (QED) is 0.162. The molecular weight excluding hydrogens is 608 g/mol. The summed E-state index contributed by atoms with van der Waals surface area (Å²) in [6.45, 7) is 0.0531. The van der Waals surface area contributed by atoms with E-state index in [1.54, 1.807) is 0 Å². The van der Waals surface area contributed by atoms with Gasteiger partial charge >= 0.3 is 11.9 Å². The number of hydrogen-bond acceptors (Lipinski definition) is 16. The molecular formula is C23H40N2O13S3. The highest BCUT2D eigenvalue weighted by atomic mass is 32.2. The summed E-state index contributed by atoms with van der Waals surface area (Å²) in [7, 11) is -5.14. The van der Waals surface area contributed by atoms with Gasteiger partial charge in [0.25, 0.3) is 0 Å². The lowest BCUT2D eigenvalue weighted by Gasteiger charge is -2.35. The molecule has 0 radical (unpaired) electrons. The van der Waals surface area contributed by atoms with Crippen LogP contribution in [0.15, 0.2) is 8.73 Å². The Morgan fingerprint density at radius 3 is 1.68 bits per heavy atom. The van der Waals surface area contributed by atoms with Crippen LogP contribution < -0.4 is 0 Å². The van der Waals surface area contributed by atoms with Crippen LogP contribution in [0.3, 0.4) is 0 Å². The second-order valence-corrected chi connectivity index (χ2v) is 16.8. The molecule has 2 saturated heterocycles. The van der Waals surface area contributed by atoms with Crippen LogP contribution >= 0.6 is 11.8 Å². The number of hydrogen-bond donors (Lipinski definition) is 4. The van der Waals surface area contributed by atoms with Gasteiger partial charge in [0.05, 0.1) is 25.4 Å². The monoisotopic (exact) mass is 648 g/mol. The third-order valence-electron chi connectivity index (χ3n) is 5.89. The average molecular weight is 649 g/mol. The third kappa shape index (κ3) is 12.0. The van der Waals surface area contributed by atoms with E-state index in [0.29, 0.717) is 0 Å². The highest BCUT2D eigenvalue weighted by molar-refractivity contribution is 8.01. The molecule has 0 aliphatic carbocycles. The van der Waals surface area contributed by atoms with Gasteiger partial charge in [-0.1, -0.05) is 0 Å². The standard InChI is InChI=1S/C23H40N2O13S3/c1-12(26)11-39-17(23(32)38-10-16-22(31)20(29)14(8-36-16)25-41(4,5)34)6-18(27)37-9-15-21(30)19(28)13(7-35-15)24-40(2,3)33/h13-17,19-22,28-31H,6-11H2,1-5H3/t13-,14-,15+,16?,17?,19+,20+,21-,22-/m0/s1. The Bertz CT molecular complexity index is 1170. The molecule has 0 aromatic carbocycles. The first kappa shape index (κ1) is 35.8. The van der Waals surface area contributed by atoms with Crippen molar-refractivity contribution >= 4 is 48.9 Å². The molecule has 0 aromatic heterocycles. The van der Waals surface area contributed by atoms with Crippen LogP contribution in [0.1, 0.15) is 13.3 Å². The molecule has 0 saturated carbocycles. The molecule has 2 aliphatic heterocycles. The number of esters is 2. The zero-order chi connectivity index (χ0) is 31.1. The van der Waals surface area contributed by atoms with Crippen LogP contribution in [0.2, 0.25) is 0 Å². The molecule has 2 fully saturated rings. The van der Waals surface area contributed by atoms with E-state index in [1.807, 2.05) is 0 Å². The van der Waals surface area contributed by atoms with Gasteiger partial charge in [-0.3, -0.25) is 22.8 Å². The number of nitrogens with zero attached hydrogens (tertiary/aromatic N) is 2. The van der Waals surface area contributed by atoms with E-state index in [0.717, 1.165) is 11.8 Å². The molecule has 2 heterocycles. The number of carbonyl (C=O) groups excluding carboxylic acids is 3. The molecule has 18 heteroatoms. The molecule has 4 N–H and O–H groups in total. The fourth-order valence-corrected chi connectivity index (χ4v) is 6.51. The predicted octanol–water partition coefficient (Wildman–Crippen LogP) is -2.41. The maximum atomic E-state index is 12.8. The van der Waals surface area contributed by atoms with Crippen molar-refractivity contribution in [3.63, 3.8) is 0 Å². The zero-order valence-corrected chi connectivity index (χ0v) is 26.0. The summed E-state index contributed by atoms with van der Waals surface area (Å²) in [5, 5.41) is 40.2. The van der Waals surface area contributed by atoms with Gasteiger partial charge in [-0.05, 0) is 6.92 Å². The van der Waals surface area contributed by atoms with Crippen molar-refractivity contribution in [1.82, 2.24) is 0 Å². The molecule has 9 atom stereocenters. The van der Waals surface area contributed by atoms with Crippen LogP contribution in [-0.2, 0) is 52.8 Å². The zero-order valence-electron chi connectivity index (χ0n) is 23.5. The number of rotatable bonds is 12. The molecule has 238 valence electrons. The van der Waals surface area contributed by atoms with Crippen molar-refractivity contribution in [2.45, 2.75) is 67.3 Å². The first-order valence-corrected chi connectivity index (χ1v) is 18.3. The number of aliphatic hydroxyl groups excluding tert-OH is 4. The van der Waals surface area contributed by atoms with E-state index < -0.39 is 105 Å². The molecule has 2 rings (SSSR count). The van der Waals surface area contributed by atoms with Gasteiger partial charge in [0.15, 0.2) is 0 Å². The predicted molar refractivity (Wildman–Crippen MR) is 149 cm³/mol. The van der Waals surface area contributed by atoms with Crippen molar-refractivity contribution in [2.75, 3.05) is 57.2 Å². The fourth-order valence-electron chi connectivity index (χ4n) is 3.94. The summed E-state index contributed by atoms with van der Waals surface area (Å²) < 4.78 is 52.9. The van der Waals surface area contributed by atoms with Gasteiger partial charge in [-0.15, -0.1) is 11.8 Å². The number of ether oxygens (including phenoxy) is 4. The lowest BCUT2D eigenvalue weighted by Crippen LogP contribution is -2.54.